The molecule has 0 bridgehead atoms. The van der Waals surface area contributed by atoms with Gasteiger partial charge in [0, 0.05) is 0 Å². The SMILES string of the molecule is C=C(C)C(=C)c1ccc(CC)cc1. The van der Waals surface area contributed by atoms with Crippen molar-refractivity contribution >= 4 is 5.57 Å². The molecule has 0 N–H and O–H groups in total. The van der Waals surface area contributed by atoms with Crippen molar-refractivity contribution in [3.05, 3.63) is 54.1 Å². The molecular formula is C13H16. The van der Waals surface area contributed by atoms with E-state index in [4.69, 9.17) is 0 Å². The van der Waals surface area contributed by atoms with E-state index in [1.54, 1.807) is 0 Å². The molecule has 1 rings (SSSR count). The lowest BCUT2D eigenvalue weighted by molar-refractivity contribution is 1.14. The normalized spacial score (nSPS) is 9.69. The van der Waals surface area contributed by atoms with Gasteiger partial charge in [0.25, 0.3) is 0 Å². The Morgan fingerprint density at radius 1 is 1.15 bits per heavy atom. The molecule has 0 aliphatic heterocycles. The molecule has 0 saturated heterocycles. The van der Waals surface area contributed by atoms with E-state index in [9.17, 15) is 0 Å². The highest BCUT2D eigenvalue weighted by Gasteiger charge is 1.98. The van der Waals surface area contributed by atoms with Crippen LogP contribution in [0.5, 0.6) is 0 Å². The lowest BCUT2D eigenvalue weighted by Gasteiger charge is -2.05. The van der Waals surface area contributed by atoms with Crippen LogP contribution in [-0.4, -0.2) is 0 Å². The van der Waals surface area contributed by atoms with Gasteiger partial charge in [0.2, 0.25) is 0 Å². The molecule has 0 aliphatic rings. The highest BCUT2D eigenvalue weighted by molar-refractivity contribution is 5.75. The van der Waals surface area contributed by atoms with Crippen LogP contribution in [0.4, 0.5) is 0 Å². The zero-order chi connectivity index (χ0) is 9.84. The minimum absolute atomic E-state index is 1.03. The van der Waals surface area contributed by atoms with E-state index >= 15 is 0 Å². The van der Waals surface area contributed by atoms with E-state index in [0.29, 0.717) is 0 Å². The fraction of sp³-hybridized carbons (Fsp3) is 0.231. The second kappa shape index (κ2) is 4.08. The summed E-state index contributed by atoms with van der Waals surface area (Å²) in [6, 6.07) is 8.50. The van der Waals surface area contributed by atoms with Crippen molar-refractivity contribution in [3.8, 4) is 0 Å². The van der Waals surface area contributed by atoms with Crippen LogP contribution < -0.4 is 0 Å². The molecule has 0 heterocycles. The minimum Gasteiger partial charge on any atom is -0.0955 e. The summed E-state index contributed by atoms with van der Waals surface area (Å²) in [7, 11) is 0. The van der Waals surface area contributed by atoms with E-state index in [2.05, 4.69) is 44.3 Å². The predicted molar refractivity (Wildman–Crippen MR) is 59.7 cm³/mol. The molecule has 68 valence electrons. The van der Waals surface area contributed by atoms with E-state index in [1.807, 2.05) is 6.92 Å². The van der Waals surface area contributed by atoms with Crippen LogP contribution in [0.3, 0.4) is 0 Å². The topological polar surface area (TPSA) is 0 Å². The average molecular weight is 172 g/mol. The number of hydrogen-bond donors (Lipinski definition) is 0. The van der Waals surface area contributed by atoms with Crippen LogP contribution in [0.1, 0.15) is 25.0 Å². The summed E-state index contributed by atoms with van der Waals surface area (Å²) in [6.07, 6.45) is 1.08. The van der Waals surface area contributed by atoms with E-state index in [0.717, 1.165) is 17.6 Å². The highest BCUT2D eigenvalue weighted by atomic mass is 14.0. The monoisotopic (exact) mass is 172 g/mol. The fourth-order valence-electron chi connectivity index (χ4n) is 1.19. The van der Waals surface area contributed by atoms with Crippen LogP contribution >= 0.6 is 0 Å². The Kier molecular flexibility index (Phi) is 3.07. The van der Waals surface area contributed by atoms with Crippen molar-refractivity contribution in [2.45, 2.75) is 20.3 Å². The zero-order valence-electron chi connectivity index (χ0n) is 8.43. The Morgan fingerprint density at radius 2 is 1.69 bits per heavy atom. The van der Waals surface area contributed by atoms with Crippen LogP contribution in [0, 0.1) is 0 Å². The Bertz CT molecular complexity index is 314. The van der Waals surface area contributed by atoms with E-state index < -0.39 is 0 Å². The number of rotatable bonds is 3. The van der Waals surface area contributed by atoms with Crippen LogP contribution in [0.15, 0.2) is 43.0 Å². The maximum Gasteiger partial charge on any atom is -0.0187 e. The third kappa shape index (κ3) is 2.32. The van der Waals surface area contributed by atoms with Gasteiger partial charge in [0.05, 0.1) is 0 Å². The van der Waals surface area contributed by atoms with Crippen molar-refractivity contribution in [3.63, 3.8) is 0 Å². The van der Waals surface area contributed by atoms with Crippen molar-refractivity contribution in [1.29, 1.82) is 0 Å². The first-order valence-electron chi connectivity index (χ1n) is 4.59. The number of hydrogen-bond acceptors (Lipinski definition) is 0. The standard InChI is InChI=1S/C13H16/c1-5-12-6-8-13(9-7-12)11(4)10(2)3/h6-9H,2,4-5H2,1,3H3. The molecule has 0 radical (unpaired) electrons. The molecule has 1 aromatic carbocycles. The smallest absolute Gasteiger partial charge is 0.0187 e. The summed E-state index contributed by atoms with van der Waals surface area (Å²) in [5.41, 5.74) is 4.59. The van der Waals surface area contributed by atoms with Crippen LogP contribution in [0.25, 0.3) is 5.57 Å². The number of allylic oxidation sites excluding steroid dienone is 2. The minimum atomic E-state index is 1.03. The van der Waals surface area contributed by atoms with Gasteiger partial charge in [-0.05, 0) is 30.0 Å². The van der Waals surface area contributed by atoms with E-state index in [-0.39, 0.29) is 0 Å². The van der Waals surface area contributed by atoms with Gasteiger partial charge >= 0.3 is 0 Å². The Morgan fingerprint density at radius 3 is 2.08 bits per heavy atom. The van der Waals surface area contributed by atoms with Gasteiger partial charge in [-0.3, -0.25) is 0 Å². The van der Waals surface area contributed by atoms with Crippen molar-refractivity contribution in [2.24, 2.45) is 0 Å². The summed E-state index contributed by atoms with van der Waals surface area (Å²) in [4.78, 5) is 0. The Balaban J connectivity index is 2.92. The molecule has 0 spiro atoms. The first-order chi connectivity index (χ1) is 6.15. The molecule has 0 aliphatic carbocycles. The second-order valence-electron chi connectivity index (χ2n) is 3.31. The molecule has 0 aromatic heterocycles. The van der Waals surface area contributed by atoms with Gasteiger partial charge in [-0.1, -0.05) is 49.9 Å². The van der Waals surface area contributed by atoms with Crippen LogP contribution in [0.2, 0.25) is 0 Å². The summed E-state index contributed by atoms with van der Waals surface area (Å²) >= 11 is 0. The van der Waals surface area contributed by atoms with Gasteiger partial charge in [0.15, 0.2) is 0 Å². The predicted octanol–water partition coefficient (Wildman–Crippen LogP) is 3.84. The quantitative estimate of drug-likeness (QED) is 0.608. The first kappa shape index (κ1) is 9.79. The first-order valence-corrected chi connectivity index (χ1v) is 4.59. The van der Waals surface area contributed by atoms with Gasteiger partial charge < -0.3 is 0 Å². The molecule has 0 nitrogen and oxygen atoms in total. The maximum absolute atomic E-state index is 3.98. The van der Waals surface area contributed by atoms with Crippen molar-refractivity contribution in [1.82, 2.24) is 0 Å². The molecule has 0 heteroatoms. The third-order valence-electron chi connectivity index (χ3n) is 2.23. The lowest BCUT2D eigenvalue weighted by Crippen LogP contribution is -1.85. The summed E-state index contributed by atoms with van der Waals surface area (Å²) in [5.74, 6) is 0. The number of aryl methyl sites for hydroxylation is 1. The summed E-state index contributed by atoms with van der Waals surface area (Å²) in [5, 5.41) is 0. The zero-order valence-corrected chi connectivity index (χ0v) is 8.43. The largest absolute Gasteiger partial charge is 0.0955 e. The molecule has 1 aromatic rings. The number of benzene rings is 1. The molecule has 0 fully saturated rings. The molecule has 0 atom stereocenters. The molecule has 0 unspecified atom stereocenters. The highest BCUT2D eigenvalue weighted by Crippen LogP contribution is 2.19. The van der Waals surface area contributed by atoms with Crippen LogP contribution in [-0.2, 0) is 6.42 Å². The van der Waals surface area contributed by atoms with Crippen molar-refractivity contribution < 1.29 is 0 Å². The third-order valence-corrected chi connectivity index (χ3v) is 2.23. The molecule has 13 heavy (non-hydrogen) atoms. The van der Waals surface area contributed by atoms with E-state index in [1.165, 1.54) is 11.1 Å². The molecular weight excluding hydrogens is 156 g/mol. The van der Waals surface area contributed by atoms with Gasteiger partial charge in [-0.15, -0.1) is 0 Å². The lowest BCUT2D eigenvalue weighted by atomic mass is 10.0. The van der Waals surface area contributed by atoms with Gasteiger partial charge in [-0.25, -0.2) is 0 Å². The van der Waals surface area contributed by atoms with Gasteiger partial charge in [-0.2, -0.15) is 0 Å². The molecule has 0 amide bonds. The van der Waals surface area contributed by atoms with Gasteiger partial charge in [0.1, 0.15) is 0 Å². The van der Waals surface area contributed by atoms with Crippen molar-refractivity contribution in [2.75, 3.05) is 0 Å². The fourth-order valence-corrected chi connectivity index (χ4v) is 1.19. The Labute approximate surface area is 80.6 Å². The summed E-state index contributed by atoms with van der Waals surface area (Å²) < 4.78 is 0. The molecule has 0 saturated carbocycles. The maximum atomic E-state index is 3.98. The second-order valence-corrected chi connectivity index (χ2v) is 3.31. The Hall–Kier alpha value is -1.30. The average Bonchev–Trinajstić information content (AvgIpc) is 2.17. The summed E-state index contributed by atoms with van der Waals surface area (Å²) in [6.45, 7) is 12.0.